The number of carbonyl (C=O) groups is 1. The maximum atomic E-state index is 11.6. The zero-order chi connectivity index (χ0) is 13.2. The zero-order valence-corrected chi connectivity index (χ0v) is 9.95. The average molecular weight is 245 g/mol. The molecule has 5 heteroatoms. The molecule has 0 bridgehead atoms. The lowest BCUT2D eigenvalue weighted by atomic mass is 10.3. The molecule has 0 saturated carbocycles. The number of rotatable bonds is 3. The molecule has 0 unspecified atom stereocenters. The normalized spacial score (nSPS) is 8.78. The largest absolute Gasteiger partial charge is 0.443 e. The van der Waals surface area contributed by atoms with Crippen LogP contribution in [0.25, 0.3) is 0 Å². The summed E-state index contributed by atoms with van der Waals surface area (Å²) in [7, 11) is 0. The van der Waals surface area contributed by atoms with Gasteiger partial charge in [-0.3, -0.25) is 4.79 Å². The van der Waals surface area contributed by atoms with E-state index in [1.807, 2.05) is 0 Å². The van der Waals surface area contributed by atoms with Gasteiger partial charge in [0.05, 0.1) is 13.1 Å². The van der Waals surface area contributed by atoms with Crippen molar-refractivity contribution in [1.82, 2.24) is 5.32 Å². The Hall–Kier alpha value is -2.21. The van der Waals surface area contributed by atoms with Gasteiger partial charge in [0.25, 0.3) is 5.91 Å². The van der Waals surface area contributed by atoms with E-state index in [0.29, 0.717) is 18.7 Å². The van der Waals surface area contributed by atoms with E-state index in [4.69, 9.17) is 15.9 Å². The Balaban J connectivity index is 2.52. The smallest absolute Gasteiger partial charge is 0.287 e. The minimum atomic E-state index is -0.326. The highest BCUT2D eigenvalue weighted by Gasteiger charge is 2.08. The molecule has 5 N–H and O–H groups in total. The third-order valence-electron chi connectivity index (χ3n) is 1.88. The van der Waals surface area contributed by atoms with Crippen molar-refractivity contribution in [2.75, 3.05) is 19.6 Å². The summed E-state index contributed by atoms with van der Waals surface area (Å²) < 4.78 is 5.25. The molecule has 0 aliphatic rings. The van der Waals surface area contributed by atoms with Gasteiger partial charge >= 0.3 is 0 Å². The van der Waals surface area contributed by atoms with Crippen LogP contribution >= 0.6 is 0 Å². The lowest BCUT2D eigenvalue weighted by molar-refractivity contribution is 0.0930. The molecule has 1 amide bonds. The van der Waals surface area contributed by atoms with Gasteiger partial charge in [-0.2, -0.15) is 0 Å². The first-order valence-corrected chi connectivity index (χ1v) is 5.50. The molecule has 1 aromatic heterocycles. The Kier molecular flexibility index (Phi) is 6.13. The summed E-state index contributed by atoms with van der Waals surface area (Å²) in [6, 6.07) is 3.21. The lowest BCUT2D eigenvalue weighted by Crippen LogP contribution is -2.23. The fourth-order valence-corrected chi connectivity index (χ4v) is 1.10. The topological polar surface area (TPSA) is 94.3 Å². The molecule has 0 aliphatic heterocycles. The fourth-order valence-electron chi connectivity index (χ4n) is 1.10. The highest BCUT2D eigenvalue weighted by atomic mass is 16.3. The first-order valence-electron chi connectivity index (χ1n) is 5.50. The van der Waals surface area contributed by atoms with Crippen LogP contribution in [0.5, 0.6) is 0 Å². The Morgan fingerprint density at radius 2 is 2.11 bits per heavy atom. The van der Waals surface area contributed by atoms with Gasteiger partial charge in [-0.25, -0.2) is 0 Å². The quantitative estimate of drug-likeness (QED) is 0.636. The number of nitrogens with two attached hydrogens (primary N) is 2. The zero-order valence-electron chi connectivity index (χ0n) is 9.95. The Morgan fingerprint density at radius 1 is 1.28 bits per heavy atom. The van der Waals surface area contributed by atoms with Crippen LogP contribution in [0.1, 0.15) is 22.7 Å². The molecular weight excluding hydrogens is 230 g/mol. The molecule has 1 aromatic rings. The van der Waals surface area contributed by atoms with Crippen molar-refractivity contribution >= 4 is 5.91 Å². The third kappa shape index (κ3) is 4.75. The average Bonchev–Trinajstić information content (AvgIpc) is 2.84. The predicted octanol–water partition coefficient (Wildman–Crippen LogP) is -0.328. The van der Waals surface area contributed by atoms with E-state index in [0.717, 1.165) is 0 Å². The third-order valence-corrected chi connectivity index (χ3v) is 1.88. The molecule has 0 spiro atoms. The van der Waals surface area contributed by atoms with Crippen molar-refractivity contribution < 1.29 is 9.21 Å². The lowest BCUT2D eigenvalue weighted by Gasteiger charge is -1.95. The van der Waals surface area contributed by atoms with Crippen molar-refractivity contribution in [3.05, 3.63) is 23.7 Å². The van der Waals surface area contributed by atoms with E-state index in [2.05, 4.69) is 29.0 Å². The molecule has 1 heterocycles. The second kappa shape index (κ2) is 7.97. The monoisotopic (exact) mass is 245 g/mol. The molecule has 1 rings (SSSR count). The highest BCUT2D eigenvalue weighted by Crippen LogP contribution is 2.06. The number of carbonyl (C=O) groups excluding carboxylic acids is 1. The molecular formula is C13H15N3O2. The number of nitrogens with one attached hydrogen (secondary N) is 1. The molecule has 0 aliphatic carbocycles. The summed E-state index contributed by atoms with van der Waals surface area (Å²) in [6.45, 7) is 1.02. The fraction of sp³-hybridized carbons (Fsp3) is 0.308. The van der Waals surface area contributed by atoms with Crippen molar-refractivity contribution in [2.24, 2.45) is 11.5 Å². The van der Waals surface area contributed by atoms with Crippen molar-refractivity contribution in [3.63, 3.8) is 0 Å². The van der Waals surface area contributed by atoms with Crippen LogP contribution in [0.4, 0.5) is 0 Å². The molecule has 94 valence electrons. The first-order chi connectivity index (χ1) is 8.77. The summed E-state index contributed by atoms with van der Waals surface area (Å²) >= 11 is 0. The summed E-state index contributed by atoms with van der Waals surface area (Å²) in [5.74, 6) is 11.3. The molecule has 0 saturated heterocycles. The first kappa shape index (κ1) is 13.9. The van der Waals surface area contributed by atoms with E-state index < -0.39 is 0 Å². The van der Waals surface area contributed by atoms with Gasteiger partial charge in [0, 0.05) is 13.0 Å². The van der Waals surface area contributed by atoms with Crippen molar-refractivity contribution in [3.8, 4) is 23.7 Å². The van der Waals surface area contributed by atoms with Gasteiger partial charge in [-0.1, -0.05) is 17.8 Å². The van der Waals surface area contributed by atoms with E-state index >= 15 is 0 Å². The van der Waals surface area contributed by atoms with Gasteiger partial charge in [-0.05, 0) is 18.1 Å². The number of hydrogen-bond donors (Lipinski definition) is 3. The van der Waals surface area contributed by atoms with E-state index in [1.165, 1.54) is 0 Å². The summed E-state index contributed by atoms with van der Waals surface area (Å²) in [4.78, 5) is 11.6. The van der Waals surface area contributed by atoms with Gasteiger partial charge in [0.2, 0.25) is 0 Å². The Morgan fingerprint density at radius 3 is 2.83 bits per heavy atom. The Labute approximate surface area is 106 Å². The Bertz CT molecular complexity index is 512. The summed E-state index contributed by atoms with van der Waals surface area (Å²) in [5, 5.41) is 2.58. The molecule has 0 fully saturated rings. The molecule has 18 heavy (non-hydrogen) atoms. The molecule has 0 atom stereocenters. The van der Waals surface area contributed by atoms with Gasteiger partial charge in [0.15, 0.2) is 11.5 Å². The minimum Gasteiger partial charge on any atom is -0.443 e. The number of furan rings is 1. The van der Waals surface area contributed by atoms with Crippen molar-refractivity contribution in [2.45, 2.75) is 6.42 Å². The SMILES string of the molecule is NCC#CCNC(=O)c1ccc(C#CCCN)o1. The van der Waals surface area contributed by atoms with Gasteiger partial charge in [-0.15, -0.1) is 0 Å². The number of hydrogen-bond acceptors (Lipinski definition) is 4. The molecule has 0 radical (unpaired) electrons. The standard InChI is InChI=1S/C13H15N3O2/c14-8-2-1-5-11-6-7-12(18-11)13(17)16-10-4-3-9-15/h6-7H,2,8-10,14-15H2,(H,16,17). The van der Waals surface area contributed by atoms with Crippen LogP contribution in [-0.2, 0) is 0 Å². The molecule has 0 aromatic carbocycles. The van der Waals surface area contributed by atoms with E-state index in [-0.39, 0.29) is 24.8 Å². The van der Waals surface area contributed by atoms with Crippen LogP contribution in [-0.4, -0.2) is 25.5 Å². The van der Waals surface area contributed by atoms with Gasteiger partial charge < -0.3 is 21.2 Å². The second-order valence-electron chi connectivity index (χ2n) is 3.24. The maximum absolute atomic E-state index is 11.6. The van der Waals surface area contributed by atoms with Crippen LogP contribution in [0.2, 0.25) is 0 Å². The highest BCUT2D eigenvalue weighted by molar-refractivity contribution is 5.91. The summed E-state index contributed by atoms with van der Waals surface area (Å²) in [5.41, 5.74) is 10.5. The van der Waals surface area contributed by atoms with Crippen LogP contribution < -0.4 is 16.8 Å². The van der Waals surface area contributed by atoms with Gasteiger partial charge in [0.1, 0.15) is 0 Å². The summed E-state index contributed by atoms with van der Waals surface area (Å²) in [6.07, 6.45) is 0.594. The minimum absolute atomic E-state index is 0.210. The number of amides is 1. The van der Waals surface area contributed by atoms with E-state index in [1.54, 1.807) is 12.1 Å². The van der Waals surface area contributed by atoms with E-state index in [9.17, 15) is 4.79 Å². The van der Waals surface area contributed by atoms with Crippen LogP contribution in [0.3, 0.4) is 0 Å². The maximum Gasteiger partial charge on any atom is 0.287 e. The molecule has 5 nitrogen and oxygen atoms in total. The predicted molar refractivity (Wildman–Crippen MR) is 68.4 cm³/mol. The van der Waals surface area contributed by atoms with Crippen molar-refractivity contribution in [1.29, 1.82) is 0 Å². The van der Waals surface area contributed by atoms with Crippen LogP contribution in [0.15, 0.2) is 16.5 Å². The van der Waals surface area contributed by atoms with Crippen LogP contribution in [0, 0.1) is 23.7 Å². The second-order valence-corrected chi connectivity index (χ2v) is 3.24.